The molecule has 6 nitrogen and oxygen atoms in total. The molecule has 0 bridgehead atoms. The molecule has 3 heterocycles. The molecule has 0 aromatic carbocycles. The van der Waals surface area contributed by atoms with Gasteiger partial charge in [0, 0.05) is 11.1 Å². The van der Waals surface area contributed by atoms with Crippen molar-refractivity contribution in [2.24, 2.45) is 0 Å². The molecule has 0 saturated carbocycles. The molecule has 1 aliphatic rings. The first kappa shape index (κ1) is 6.96. The van der Waals surface area contributed by atoms with Gasteiger partial charge in [0.1, 0.15) is 5.01 Å². The second-order valence-corrected chi connectivity index (χ2v) is 3.71. The Morgan fingerprint density at radius 1 is 1.62 bits per heavy atom. The van der Waals surface area contributed by atoms with Gasteiger partial charge >= 0.3 is 0 Å². The Morgan fingerprint density at radius 2 is 2.54 bits per heavy atom. The molecule has 2 aromatic heterocycles. The van der Waals surface area contributed by atoms with Gasteiger partial charge < -0.3 is 5.32 Å². The van der Waals surface area contributed by atoms with Gasteiger partial charge in [-0.15, -0.1) is 11.3 Å². The fraction of sp³-hybridized carbons (Fsp3) is 0.333. The van der Waals surface area contributed by atoms with Gasteiger partial charge in [0.2, 0.25) is 5.95 Å². The maximum Gasteiger partial charge on any atom is 0.247 e. The van der Waals surface area contributed by atoms with Crippen LogP contribution in [0.5, 0.6) is 0 Å². The van der Waals surface area contributed by atoms with E-state index in [9.17, 15) is 0 Å². The summed E-state index contributed by atoms with van der Waals surface area (Å²) in [6.07, 6.45) is 0.0312. The number of hydrogen-bond donors (Lipinski definition) is 1. The van der Waals surface area contributed by atoms with Crippen LogP contribution in [0.4, 0.5) is 5.95 Å². The smallest absolute Gasteiger partial charge is 0.247 e. The number of aryl methyl sites for hydroxylation is 1. The second kappa shape index (κ2) is 2.25. The number of nitrogens with one attached hydrogen (secondary N) is 1. The Kier molecular flexibility index (Phi) is 1.21. The van der Waals surface area contributed by atoms with E-state index in [0.29, 0.717) is 5.95 Å². The quantitative estimate of drug-likeness (QED) is 0.712. The molecule has 7 heteroatoms. The van der Waals surface area contributed by atoms with E-state index in [4.69, 9.17) is 0 Å². The lowest BCUT2D eigenvalue weighted by Gasteiger charge is -2.25. The van der Waals surface area contributed by atoms with Crippen molar-refractivity contribution in [1.29, 1.82) is 0 Å². The van der Waals surface area contributed by atoms with Gasteiger partial charge in [-0.3, -0.25) is 0 Å². The highest BCUT2D eigenvalue weighted by Gasteiger charge is 2.31. The Balaban J connectivity index is 1.99. The minimum Gasteiger partial charge on any atom is -0.325 e. The predicted octanol–water partition coefficient (Wildman–Crippen LogP) is 0.410. The van der Waals surface area contributed by atoms with Crippen molar-refractivity contribution < 1.29 is 0 Å². The molecule has 0 spiro atoms. The molecule has 66 valence electrons. The van der Waals surface area contributed by atoms with Crippen LogP contribution in [0, 0.1) is 6.92 Å². The number of thiazole rings is 1. The molecule has 0 fully saturated rings. The molecule has 2 aromatic rings. The average molecular weight is 194 g/mol. The summed E-state index contributed by atoms with van der Waals surface area (Å²) >= 11 is 1.61. The first-order valence-electron chi connectivity index (χ1n) is 3.81. The van der Waals surface area contributed by atoms with Crippen molar-refractivity contribution >= 4 is 17.3 Å². The van der Waals surface area contributed by atoms with Gasteiger partial charge in [-0.05, 0) is 17.4 Å². The highest BCUT2D eigenvalue weighted by atomic mass is 32.1. The van der Waals surface area contributed by atoms with Crippen LogP contribution >= 0.6 is 11.3 Å². The van der Waals surface area contributed by atoms with Gasteiger partial charge in [-0.2, -0.15) is 4.68 Å². The molecular formula is C6H6N6S. The van der Waals surface area contributed by atoms with Crippen LogP contribution in [0.3, 0.4) is 0 Å². The highest BCUT2D eigenvalue weighted by molar-refractivity contribution is 7.09. The van der Waals surface area contributed by atoms with E-state index in [1.54, 1.807) is 16.0 Å². The number of aromatic nitrogens is 5. The van der Waals surface area contributed by atoms with Crippen LogP contribution in [0.15, 0.2) is 5.38 Å². The molecule has 1 atom stereocenters. The third kappa shape index (κ3) is 0.872. The zero-order valence-corrected chi connectivity index (χ0v) is 7.62. The van der Waals surface area contributed by atoms with E-state index in [1.165, 1.54) is 0 Å². The molecule has 0 aliphatic carbocycles. The molecule has 3 rings (SSSR count). The number of hydrogen-bond acceptors (Lipinski definition) is 6. The van der Waals surface area contributed by atoms with E-state index < -0.39 is 0 Å². The minimum atomic E-state index is 0.0312. The SMILES string of the molecule is Cc1csc(C2Nc3nnnn32)n1. The van der Waals surface area contributed by atoms with Crippen molar-refractivity contribution in [2.45, 2.75) is 13.1 Å². The Bertz CT molecular complexity index is 445. The first-order valence-corrected chi connectivity index (χ1v) is 4.69. The summed E-state index contributed by atoms with van der Waals surface area (Å²) in [5.41, 5.74) is 1.03. The van der Waals surface area contributed by atoms with Crippen LogP contribution < -0.4 is 5.32 Å². The normalized spacial score (nSPS) is 19.0. The molecule has 1 aliphatic heterocycles. The lowest BCUT2D eigenvalue weighted by atomic mass is 10.4. The largest absolute Gasteiger partial charge is 0.325 e. The van der Waals surface area contributed by atoms with Gasteiger partial charge in [-0.1, -0.05) is 5.10 Å². The Labute approximate surface area is 77.6 Å². The van der Waals surface area contributed by atoms with Crippen LogP contribution in [-0.2, 0) is 0 Å². The fourth-order valence-electron chi connectivity index (χ4n) is 1.24. The maximum atomic E-state index is 4.35. The molecular weight excluding hydrogens is 188 g/mol. The Hall–Kier alpha value is -1.50. The van der Waals surface area contributed by atoms with Gasteiger partial charge in [0.15, 0.2) is 6.17 Å². The van der Waals surface area contributed by atoms with Crippen molar-refractivity contribution in [1.82, 2.24) is 25.2 Å². The number of nitrogens with zero attached hydrogens (tertiary/aromatic N) is 5. The fourth-order valence-corrected chi connectivity index (χ4v) is 2.07. The Morgan fingerprint density at radius 3 is 3.23 bits per heavy atom. The molecule has 1 unspecified atom stereocenters. The summed E-state index contributed by atoms with van der Waals surface area (Å²) in [5, 5.41) is 17.2. The summed E-state index contributed by atoms with van der Waals surface area (Å²) in [6, 6.07) is 0. The summed E-state index contributed by atoms with van der Waals surface area (Å²) in [5.74, 6) is 0.706. The van der Waals surface area contributed by atoms with E-state index in [0.717, 1.165) is 10.7 Å². The van der Waals surface area contributed by atoms with Crippen molar-refractivity contribution in [3.8, 4) is 0 Å². The standard InChI is InChI=1S/C6H6N6S/c1-3-2-13-5(7-3)4-8-6-9-10-11-12(4)6/h2,4H,1H3,(H,8,9,11). The predicted molar refractivity (Wildman–Crippen MR) is 46.4 cm³/mol. The lowest BCUT2D eigenvalue weighted by Crippen LogP contribution is -2.32. The number of tetrazole rings is 1. The van der Waals surface area contributed by atoms with E-state index >= 15 is 0 Å². The van der Waals surface area contributed by atoms with Crippen molar-refractivity contribution in [2.75, 3.05) is 5.32 Å². The average Bonchev–Trinajstić information content (AvgIpc) is 2.61. The van der Waals surface area contributed by atoms with Crippen LogP contribution in [-0.4, -0.2) is 25.2 Å². The van der Waals surface area contributed by atoms with Gasteiger partial charge in [0.05, 0.1) is 0 Å². The molecule has 13 heavy (non-hydrogen) atoms. The third-order valence-corrected chi connectivity index (χ3v) is 2.89. The molecule has 0 radical (unpaired) electrons. The monoisotopic (exact) mass is 194 g/mol. The maximum absolute atomic E-state index is 4.35. The number of fused-ring (bicyclic) bond motifs is 1. The zero-order chi connectivity index (χ0) is 8.84. The van der Waals surface area contributed by atoms with E-state index in [2.05, 4.69) is 25.8 Å². The molecule has 0 saturated heterocycles. The van der Waals surface area contributed by atoms with Crippen LogP contribution in [0.1, 0.15) is 16.9 Å². The zero-order valence-electron chi connectivity index (χ0n) is 6.80. The molecule has 0 amide bonds. The second-order valence-electron chi connectivity index (χ2n) is 2.82. The molecule has 1 N–H and O–H groups in total. The van der Waals surface area contributed by atoms with Crippen LogP contribution in [0.25, 0.3) is 0 Å². The number of anilines is 1. The topological polar surface area (TPSA) is 68.5 Å². The van der Waals surface area contributed by atoms with Crippen molar-refractivity contribution in [3.63, 3.8) is 0 Å². The summed E-state index contributed by atoms with van der Waals surface area (Å²) in [7, 11) is 0. The summed E-state index contributed by atoms with van der Waals surface area (Å²) in [4.78, 5) is 4.35. The number of rotatable bonds is 1. The van der Waals surface area contributed by atoms with Gasteiger partial charge in [0.25, 0.3) is 0 Å². The summed E-state index contributed by atoms with van der Waals surface area (Å²) < 4.78 is 1.72. The highest BCUT2D eigenvalue weighted by Crippen LogP contribution is 2.30. The van der Waals surface area contributed by atoms with E-state index in [1.807, 2.05) is 12.3 Å². The van der Waals surface area contributed by atoms with Gasteiger partial charge in [-0.25, -0.2) is 4.98 Å². The van der Waals surface area contributed by atoms with Crippen molar-refractivity contribution in [3.05, 3.63) is 16.1 Å². The van der Waals surface area contributed by atoms with E-state index in [-0.39, 0.29) is 6.17 Å². The van der Waals surface area contributed by atoms with Crippen LogP contribution in [0.2, 0.25) is 0 Å². The third-order valence-electron chi connectivity index (χ3n) is 1.87. The first-order chi connectivity index (χ1) is 6.34. The lowest BCUT2D eigenvalue weighted by molar-refractivity contribution is 0.495. The summed E-state index contributed by atoms with van der Waals surface area (Å²) in [6.45, 7) is 1.97. The minimum absolute atomic E-state index is 0.0312.